The highest BCUT2D eigenvalue weighted by Crippen LogP contribution is 2.29. The topological polar surface area (TPSA) is 116 Å². The van der Waals surface area contributed by atoms with Gasteiger partial charge in [0.1, 0.15) is 18.5 Å². The number of carbonyl (C=O) groups is 2. The molecule has 1 amide bonds. The van der Waals surface area contributed by atoms with E-state index in [9.17, 15) is 14.7 Å². The van der Waals surface area contributed by atoms with E-state index < -0.39 is 12.1 Å². The number of nitrogens with one attached hydrogen (secondary N) is 1. The standard InChI is InChI=1S/C25H35NO6/c27-16-20(17-28)26-25(31)11-7-2-1-6-10-23-19(13-15-24(23)30)12-14-21(29)18-32-22-8-4-3-5-9-22/h3-5,8-9,12-15,19-21,23,27-29H,1-2,6-7,10-11,16-18H2,(H,26,31)/b14-12+/t19-,21+,23+/m0/s1. The summed E-state index contributed by atoms with van der Waals surface area (Å²) >= 11 is 0. The summed E-state index contributed by atoms with van der Waals surface area (Å²) in [5.41, 5.74) is 0. The summed E-state index contributed by atoms with van der Waals surface area (Å²) in [6.45, 7) is -0.405. The second kappa shape index (κ2) is 14.6. The maximum Gasteiger partial charge on any atom is 0.220 e. The predicted molar refractivity (Wildman–Crippen MR) is 122 cm³/mol. The molecule has 0 radical (unpaired) electrons. The van der Waals surface area contributed by atoms with E-state index in [-0.39, 0.29) is 43.3 Å². The number of allylic oxidation sites excluding steroid dienone is 3. The highest BCUT2D eigenvalue weighted by atomic mass is 16.5. The van der Waals surface area contributed by atoms with E-state index in [1.54, 1.807) is 12.2 Å². The molecule has 0 bridgehead atoms. The van der Waals surface area contributed by atoms with Crippen LogP contribution in [0.4, 0.5) is 0 Å². The van der Waals surface area contributed by atoms with Crippen LogP contribution in [0.25, 0.3) is 0 Å². The van der Waals surface area contributed by atoms with Gasteiger partial charge >= 0.3 is 0 Å². The Kier molecular flexibility index (Phi) is 11.7. The minimum Gasteiger partial charge on any atom is -0.491 e. The van der Waals surface area contributed by atoms with Gasteiger partial charge in [-0.2, -0.15) is 0 Å². The first-order valence-electron chi connectivity index (χ1n) is 11.3. The maximum atomic E-state index is 12.2. The minimum absolute atomic E-state index is 0.0199. The third-order valence-electron chi connectivity index (χ3n) is 5.51. The number of unbranched alkanes of at least 4 members (excludes halogenated alkanes) is 3. The predicted octanol–water partition coefficient (Wildman–Crippen LogP) is 2.16. The van der Waals surface area contributed by atoms with Crippen molar-refractivity contribution in [1.29, 1.82) is 0 Å². The van der Waals surface area contributed by atoms with E-state index in [0.29, 0.717) is 12.2 Å². The molecule has 7 heteroatoms. The van der Waals surface area contributed by atoms with Crippen LogP contribution >= 0.6 is 0 Å². The number of aliphatic hydroxyl groups is 3. The summed E-state index contributed by atoms with van der Waals surface area (Å²) in [4.78, 5) is 23.9. The monoisotopic (exact) mass is 445 g/mol. The van der Waals surface area contributed by atoms with E-state index in [2.05, 4.69) is 5.32 Å². The Morgan fingerprint density at radius 2 is 1.81 bits per heavy atom. The lowest BCUT2D eigenvalue weighted by Crippen LogP contribution is -2.39. The molecule has 0 unspecified atom stereocenters. The lowest BCUT2D eigenvalue weighted by molar-refractivity contribution is -0.122. The van der Waals surface area contributed by atoms with Crippen LogP contribution in [-0.2, 0) is 9.59 Å². The number of para-hydroxylation sites is 1. The molecule has 0 heterocycles. The van der Waals surface area contributed by atoms with Crippen molar-refractivity contribution in [2.24, 2.45) is 11.8 Å². The van der Waals surface area contributed by atoms with Crippen LogP contribution < -0.4 is 10.1 Å². The zero-order valence-corrected chi connectivity index (χ0v) is 18.4. The molecule has 3 atom stereocenters. The molecule has 7 nitrogen and oxygen atoms in total. The zero-order valence-electron chi connectivity index (χ0n) is 18.4. The molecular formula is C25H35NO6. The van der Waals surface area contributed by atoms with Crippen LogP contribution in [0.2, 0.25) is 0 Å². The van der Waals surface area contributed by atoms with Gasteiger partial charge in [0.25, 0.3) is 0 Å². The number of ether oxygens (including phenoxy) is 1. The number of aliphatic hydroxyl groups excluding tert-OH is 3. The summed E-state index contributed by atoms with van der Waals surface area (Å²) in [6.07, 6.45) is 10.9. The molecule has 32 heavy (non-hydrogen) atoms. The molecular weight excluding hydrogens is 410 g/mol. The Labute approximate surface area is 189 Å². The quantitative estimate of drug-likeness (QED) is 0.243. The Morgan fingerprint density at radius 3 is 2.53 bits per heavy atom. The summed E-state index contributed by atoms with van der Waals surface area (Å²) in [5, 5.41) is 30.7. The van der Waals surface area contributed by atoms with Gasteiger partial charge in [-0.15, -0.1) is 0 Å². The molecule has 1 aromatic carbocycles. The zero-order chi connectivity index (χ0) is 23.2. The fraction of sp³-hybridized carbons (Fsp3) is 0.520. The van der Waals surface area contributed by atoms with Crippen molar-refractivity contribution >= 4 is 11.7 Å². The molecule has 0 fully saturated rings. The lowest BCUT2D eigenvalue weighted by atomic mass is 9.88. The summed E-state index contributed by atoms with van der Waals surface area (Å²) in [6, 6.07) is 8.70. The first kappa shape index (κ1) is 25.8. The van der Waals surface area contributed by atoms with Crippen molar-refractivity contribution in [3.63, 3.8) is 0 Å². The second-order valence-electron chi connectivity index (χ2n) is 8.10. The number of rotatable bonds is 15. The Bertz CT molecular complexity index is 744. The Balaban J connectivity index is 1.64. The largest absolute Gasteiger partial charge is 0.491 e. The molecule has 0 saturated heterocycles. The third-order valence-corrected chi connectivity index (χ3v) is 5.51. The SMILES string of the molecule is O=C(CCCCCC[C@H]1C(=O)C=C[C@@H]1/C=C/[C@@H](O)COc1ccccc1)NC(CO)CO. The van der Waals surface area contributed by atoms with Gasteiger partial charge in [0.05, 0.1) is 19.3 Å². The molecule has 0 saturated carbocycles. The van der Waals surface area contributed by atoms with E-state index in [4.69, 9.17) is 14.9 Å². The number of carbonyl (C=O) groups excluding carboxylic acids is 2. The first-order valence-corrected chi connectivity index (χ1v) is 11.3. The van der Waals surface area contributed by atoms with Crippen LogP contribution in [0.5, 0.6) is 5.75 Å². The van der Waals surface area contributed by atoms with Crippen molar-refractivity contribution in [3.8, 4) is 5.75 Å². The number of hydrogen-bond acceptors (Lipinski definition) is 6. The van der Waals surface area contributed by atoms with Crippen LogP contribution in [0.1, 0.15) is 38.5 Å². The fourth-order valence-electron chi connectivity index (χ4n) is 3.65. The van der Waals surface area contributed by atoms with E-state index in [1.807, 2.05) is 42.5 Å². The van der Waals surface area contributed by atoms with Gasteiger partial charge in [0.15, 0.2) is 5.78 Å². The average molecular weight is 446 g/mol. The third kappa shape index (κ3) is 9.34. The van der Waals surface area contributed by atoms with Crippen molar-refractivity contribution in [1.82, 2.24) is 5.32 Å². The van der Waals surface area contributed by atoms with E-state index in [1.165, 1.54) is 0 Å². The molecule has 1 aromatic rings. The fourth-order valence-corrected chi connectivity index (χ4v) is 3.65. The average Bonchev–Trinajstić information content (AvgIpc) is 3.16. The molecule has 1 aliphatic carbocycles. The van der Waals surface area contributed by atoms with Crippen LogP contribution in [-0.4, -0.2) is 59.0 Å². The summed E-state index contributed by atoms with van der Waals surface area (Å²) < 4.78 is 5.54. The molecule has 1 aliphatic rings. The maximum absolute atomic E-state index is 12.2. The molecule has 4 N–H and O–H groups in total. The summed E-state index contributed by atoms with van der Waals surface area (Å²) in [7, 11) is 0. The number of benzene rings is 1. The van der Waals surface area contributed by atoms with Crippen LogP contribution in [0.3, 0.4) is 0 Å². The summed E-state index contributed by atoms with van der Waals surface area (Å²) in [5.74, 6) is 0.523. The number of amides is 1. The smallest absolute Gasteiger partial charge is 0.220 e. The van der Waals surface area contributed by atoms with Crippen molar-refractivity contribution in [3.05, 3.63) is 54.6 Å². The normalized spacial score (nSPS) is 19.1. The van der Waals surface area contributed by atoms with Gasteiger partial charge in [-0.05, 0) is 31.1 Å². The van der Waals surface area contributed by atoms with Gasteiger partial charge in [-0.3, -0.25) is 9.59 Å². The highest BCUT2D eigenvalue weighted by Gasteiger charge is 2.27. The van der Waals surface area contributed by atoms with Gasteiger partial charge in [-0.1, -0.05) is 55.7 Å². The molecule has 2 rings (SSSR count). The molecule has 0 aromatic heterocycles. The molecule has 0 spiro atoms. The van der Waals surface area contributed by atoms with Crippen molar-refractivity contribution in [2.75, 3.05) is 19.8 Å². The van der Waals surface area contributed by atoms with Crippen LogP contribution in [0.15, 0.2) is 54.6 Å². The molecule has 176 valence electrons. The van der Waals surface area contributed by atoms with Gasteiger partial charge in [0.2, 0.25) is 5.91 Å². The van der Waals surface area contributed by atoms with Crippen molar-refractivity contribution < 1.29 is 29.6 Å². The lowest BCUT2D eigenvalue weighted by Gasteiger charge is -2.16. The van der Waals surface area contributed by atoms with Crippen LogP contribution in [0, 0.1) is 11.8 Å². The Hall–Kier alpha value is -2.48. The minimum atomic E-state index is -0.748. The number of ketones is 1. The van der Waals surface area contributed by atoms with Gasteiger partial charge in [-0.25, -0.2) is 0 Å². The highest BCUT2D eigenvalue weighted by molar-refractivity contribution is 5.94. The van der Waals surface area contributed by atoms with Gasteiger partial charge < -0.3 is 25.4 Å². The Morgan fingerprint density at radius 1 is 1.09 bits per heavy atom. The second-order valence-corrected chi connectivity index (χ2v) is 8.10. The van der Waals surface area contributed by atoms with E-state index in [0.717, 1.165) is 32.1 Å². The van der Waals surface area contributed by atoms with Crippen molar-refractivity contribution in [2.45, 2.75) is 50.7 Å². The van der Waals surface area contributed by atoms with Gasteiger partial charge in [0, 0.05) is 18.3 Å². The first-order chi connectivity index (χ1) is 15.5. The van der Waals surface area contributed by atoms with E-state index >= 15 is 0 Å². The number of hydrogen-bond donors (Lipinski definition) is 4. The molecule has 0 aliphatic heterocycles.